The van der Waals surface area contributed by atoms with Crippen molar-refractivity contribution in [3.8, 4) is 0 Å². The lowest BCUT2D eigenvalue weighted by Gasteiger charge is -2.25. The standard InChI is InChI=1S/C23H35N5OS/c1-5-20(26(3)4)21-24-25-23(28(21)17-19-13-9-8-10-14-19)30-18(2)22(29)27-15-11-6-7-12-16-27/h8-10,13-14,18,20H,5-7,11-12,15-17H2,1-4H3. The van der Waals surface area contributed by atoms with E-state index in [-0.39, 0.29) is 17.2 Å². The van der Waals surface area contributed by atoms with Crippen LogP contribution in [0.15, 0.2) is 35.5 Å². The maximum absolute atomic E-state index is 13.1. The molecule has 6 nitrogen and oxygen atoms in total. The van der Waals surface area contributed by atoms with Gasteiger partial charge in [-0.25, -0.2) is 0 Å². The SMILES string of the molecule is CCC(c1nnc(SC(C)C(=O)N2CCCCCC2)n1Cc1ccccc1)N(C)C. The van der Waals surface area contributed by atoms with E-state index in [1.807, 2.05) is 17.9 Å². The van der Waals surface area contributed by atoms with E-state index in [9.17, 15) is 4.79 Å². The highest BCUT2D eigenvalue weighted by Gasteiger charge is 2.27. The van der Waals surface area contributed by atoms with E-state index in [1.165, 1.54) is 30.2 Å². The van der Waals surface area contributed by atoms with Crippen molar-refractivity contribution in [2.24, 2.45) is 0 Å². The molecular weight excluding hydrogens is 394 g/mol. The number of carbonyl (C=O) groups is 1. The summed E-state index contributed by atoms with van der Waals surface area (Å²) < 4.78 is 2.19. The minimum absolute atomic E-state index is 0.172. The van der Waals surface area contributed by atoms with Gasteiger partial charge in [0, 0.05) is 13.1 Å². The summed E-state index contributed by atoms with van der Waals surface area (Å²) in [6.45, 7) is 6.64. The summed E-state index contributed by atoms with van der Waals surface area (Å²) in [5.74, 6) is 1.18. The summed E-state index contributed by atoms with van der Waals surface area (Å²) in [7, 11) is 4.15. The maximum Gasteiger partial charge on any atom is 0.235 e. The Morgan fingerprint density at radius 3 is 2.37 bits per heavy atom. The number of carbonyl (C=O) groups excluding carboxylic acids is 1. The molecule has 1 aromatic carbocycles. The Balaban J connectivity index is 1.84. The Labute approximate surface area is 185 Å². The number of nitrogens with zero attached hydrogens (tertiary/aromatic N) is 5. The predicted octanol–water partition coefficient (Wildman–Crippen LogP) is 4.22. The normalized spacial score (nSPS) is 17.0. The first-order chi connectivity index (χ1) is 14.5. The molecule has 164 valence electrons. The molecule has 1 aliphatic rings. The minimum Gasteiger partial charge on any atom is -0.342 e. The molecular formula is C23H35N5OS. The van der Waals surface area contributed by atoms with E-state index >= 15 is 0 Å². The van der Waals surface area contributed by atoms with Gasteiger partial charge < -0.3 is 9.47 Å². The van der Waals surface area contributed by atoms with E-state index in [2.05, 4.69) is 64.9 Å². The quantitative estimate of drug-likeness (QED) is 0.588. The van der Waals surface area contributed by atoms with Gasteiger partial charge in [-0.1, -0.05) is 61.9 Å². The fourth-order valence-corrected chi connectivity index (χ4v) is 5.02. The van der Waals surface area contributed by atoms with Crippen molar-refractivity contribution in [2.45, 2.75) is 68.9 Å². The predicted molar refractivity (Wildman–Crippen MR) is 123 cm³/mol. The van der Waals surface area contributed by atoms with Crippen LogP contribution in [0, 0.1) is 0 Å². The van der Waals surface area contributed by atoms with E-state index in [1.54, 1.807) is 0 Å². The second-order valence-electron chi connectivity index (χ2n) is 8.30. The summed E-state index contributed by atoms with van der Waals surface area (Å²) in [4.78, 5) is 17.3. The van der Waals surface area contributed by atoms with Gasteiger partial charge in [-0.15, -0.1) is 10.2 Å². The molecule has 30 heavy (non-hydrogen) atoms. The topological polar surface area (TPSA) is 54.3 Å². The number of aromatic nitrogens is 3. The number of thioether (sulfide) groups is 1. The van der Waals surface area contributed by atoms with E-state index in [0.29, 0.717) is 6.54 Å². The maximum atomic E-state index is 13.1. The third kappa shape index (κ3) is 5.64. The first-order valence-electron chi connectivity index (χ1n) is 11.1. The average Bonchev–Trinajstić information content (AvgIpc) is 2.95. The van der Waals surface area contributed by atoms with Crippen molar-refractivity contribution in [1.82, 2.24) is 24.6 Å². The fourth-order valence-electron chi connectivity index (χ4n) is 4.08. The molecule has 2 heterocycles. The monoisotopic (exact) mass is 429 g/mol. The molecule has 7 heteroatoms. The van der Waals surface area contributed by atoms with E-state index < -0.39 is 0 Å². The third-order valence-corrected chi connectivity index (χ3v) is 6.85. The molecule has 0 bridgehead atoms. The first kappa shape index (κ1) is 22.8. The molecule has 2 aromatic rings. The Hall–Kier alpha value is -1.86. The highest BCUT2D eigenvalue weighted by atomic mass is 32.2. The van der Waals surface area contributed by atoms with Crippen molar-refractivity contribution in [3.05, 3.63) is 41.7 Å². The molecule has 3 rings (SSSR count). The zero-order valence-electron chi connectivity index (χ0n) is 18.8. The van der Waals surface area contributed by atoms with Gasteiger partial charge in [0.05, 0.1) is 17.8 Å². The zero-order chi connectivity index (χ0) is 21.5. The van der Waals surface area contributed by atoms with Gasteiger partial charge in [-0.3, -0.25) is 9.69 Å². The third-order valence-electron chi connectivity index (χ3n) is 5.78. The molecule has 0 aliphatic carbocycles. The lowest BCUT2D eigenvalue weighted by molar-refractivity contribution is -0.130. The minimum atomic E-state index is -0.172. The highest BCUT2D eigenvalue weighted by Crippen LogP contribution is 2.29. The molecule has 2 atom stereocenters. The van der Waals surface area contributed by atoms with Gasteiger partial charge in [0.25, 0.3) is 0 Å². The lowest BCUT2D eigenvalue weighted by Crippen LogP contribution is -2.37. The summed E-state index contributed by atoms with van der Waals surface area (Å²) in [5.41, 5.74) is 1.21. The second kappa shape index (κ2) is 11.0. The summed E-state index contributed by atoms with van der Waals surface area (Å²) >= 11 is 1.54. The molecule has 0 radical (unpaired) electrons. The number of rotatable bonds is 8. The van der Waals surface area contributed by atoms with Crippen LogP contribution in [-0.4, -0.2) is 62.9 Å². The Morgan fingerprint density at radius 2 is 1.77 bits per heavy atom. The Morgan fingerprint density at radius 1 is 1.10 bits per heavy atom. The number of hydrogen-bond donors (Lipinski definition) is 0. The first-order valence-corrected chi connectivity index (χ1v) is 12.0. The van der Waals surface area contributed by atoms with Crippen LogP contribution < -0.4 is 0 Å². The molecule has 0 saturated carbocycles. The van der Waals surface area contributed by atoms with E-state index in [4.69, 9.17) is 0 Å². The van der Waals surface area contributed by atoms with Crippen LogP contribution in [-0.2, 0) is 11.3 Å². The van der Waals surface area contributed by atoms with Crippen LogP contribution in [0.5, 0.6) is 0 Å². The molecule has 0 N–H and O–H groups in total. The molecule has 1 amide bonds. The molecule has 1 fully saturated rings. The fraction of sp³-hybridized carbons (Fsp3) is 0.609. The summed E-state index contributed by atoms with van der Waals surface area (Å²) in [6, 6.07) is 10.6. The second-order valence-corrected chi connectivity index (χ2v) is 9.61. The number of amides is 1. The molecule has 2 unspecified atom stereocenters. The van der Waals surface area contributed by atoms with Crippen LogP contribution >= 0.6 is 11.8 Å². The van der Waals surface area contributed by atoms with Crippen molar-refractivity contribution in [1.29, 1.82) is 0 Å². The summed E-state index contributed by atoms with van der Waals surface area (Å²) in [6.07, 6.45) is 5.62. The zero-order valence-corrected chi connectivity index (χ0v) is 19.6. The van der Waals surface area contributed by atoms with Gasteiger partial charge in [-0.2, -0.15) is 0 Å². The van der Waals surface area contributed by atoms with Crippen LogP contribution in [0.25, 0.3) is 0 Å². The number of hydrogen-bond acceptors (Lipinski definition) is 5. The van der Waals surface area contributed by atoms with Crippen molar-refractivity contribution < 1.29 is 4.79 Å². The van der Waals surface area contributed by atoms with Crippen LogP contribution in [0.3, 0.4) is 0 Å². The van der Waals surface area contributed by atoms with Crippen LogP contribution in [0.4, 0.5) is 0 Å². The smallest absolute Gasteiger partial charge is 0.235 e. The Kier molecular flexibility index (Phi) is 8.33. The summed E-state index contributed by atoms with van der Waals surface area (Å²) in [5, 5.41) is 9.75. The number of benzene rings is 1. The van der Waals surface area contributed by atoms with Gasteiger partial charge in [-0.05, 0) is 45.8 Å². The van der Waals surface area contributed by atoms with Gasteiger partial charge in [0.2, 0.25) is 5.91 Å². The van der Waals surface area contributed by atoms with Gasteiger partial charge in [0.1, 0.15) is 0 Å². The number of likely N-dealkylation sites (tertiary alicyclic amines) is 1. The van der Waals surface area contributed by atoms with Crippen molar-refractivity contribution >= 4 is 17.7 Å². The molecule has 1 saturated heterocycles. The average molecular weight is 430 g/mol. The van der Waals surface area contributed by atoms with Crippen molar-refractivity contribution in [2.75, 3.05) is 27.2 Å². The Bertz CT molecular complexity index is 799. The van der Waals surface area contributed by atoms with Gasteiger partial charge >= 0.3 is 0 Å². The van der Waals surface area contributed by atoms with Crippen molar-refractivity contribution in [3.63, 3.8) is 0 Å². The molecule has 1 aliphatic heterocycles. The lowest BCUT2D eigenvalue weighted by atomic mass is 10.2. The highest BCUT2D eigenvalue weighted by molar-refractivity contribution is 8.00. The van der Waals surface area contributed by atoms with Gasteiger partial charge in [0.15, 0.2) is 11.0 Å². The van der Waals surface area contributed by atoms with Crippen LogP contribution in [0.2, 0.25) is 0 Å². The largest absolute Gasteiger partial charge is 0.342 e. The van der Waals surface area contributed by atoms with Crippen LogP contribution in [0.1, 0.15) is 63.4 Å². The molecule has 1 aromatic heterocycles. The molecule has 0 spiro atoms. The van der Waals surface area contributed by atoms with E-state index in [0.717, 1.165) is 43.3 Å².